The molecule has 0 aliphatic carbocycles. The molecule has 0 bridgehead atoms. The summed E-state index contributed by atoms with van der Waals surface area (Å²) in [5.41, 5.74) is 0. The normalized spacial score (nSPS) is 15.0. The number of rotatable bonds is 76. The van der Waals surface area contributed by atoms with Gasteiger partial charge in [0.15, 0.2) is 12.2 Å². The summed E-state index contributed by atoms with van der Waals surface area (Å²) in [5, 5.41) is 10.6. The van der Waals surface area contributed by atoms with Crippen LogP contribution in [0.2, 0.25) is 0 Å². The van der Waals surface area contributed by atoms with Crippen LogP contribution < -0.4 is 0 Å². The van der Waals surface area contributed by atoms with E-state index in [0.717, 1.165) is 133 Å². The molecule has 0 fully saturated rings. The molecular weight excluding hydrogens is 1290 g/mol. The van der Waals surface area contributed by atoms with Crippen LogP contribution >= 0.6 is 15.6 Å². The Morgan fingerprint density at radius 3 is 0.848 bits per heavy atom. The van der Waals surface area contributed by atoms with Gasteiger partial charge in [-0.3, -0.25) is 37.3 Å². The first-order valence-electron chi connectivity index (χ1n) is 40.8. The molecule has 0 saturated heterocycles. The van der Waals surface area contributed by atoms with Crippen LogP contribution in [0.4, 0.5) is 0 Å². The Balaban J connectivity index is 5.25. The van der Waals surface area contributed by atoms with Crippen LogP contribution in [0.3, 0.4) is 0 Å². The Hall–Kier alpha value is -2.46. The smallest absolute Gasteiger partial charge is 0.462 e. The zero-order valence-corrected chi connectivity index (χ0v) is 66.2. The number of allylic oxidation sites excluding steroid dienone is 4. The van der Waals surface area contributed by atoms with Crippen LogP contribution in [0.1, 0.15) is 389 Å². The molecule has 99 heavy (non-hydrogen) atoms. The second kappa shape index (κ2) is 69.9. The molecule has 8 atom stereocenters. The molecule has 5 unspecified atom stereocenters. The van der Waals surface area contributed by atoms with Crippen LogP contribution in [-0.4, -0.2) is 96.7 Å². The monoisotopic (exact) mass is 1450 g/mol. The number of hydrogen-bond acceptors (Lipinski definition) is 15. The lowest BCUT2D eigenvalue weighted by molar-refractivity contribution is -0.161. The summed E-state index contributed by atoms with van der Waals surface area (Å²) in [6.45, 7) is 11.9. The van der Waals surface area contributed by atoms with Crippen LogP contribution in [0.15, 0.2) is 24.3 Å². The Labute approximate surface area is 605 Å². The maximum atomic E-state index is 13.1. The minimum Gasteiger partial charge on any atom is -0.462 e. The van der Waals surface area contributed by atoms with Crippen molar-refractivity contribution in [3.63, 3.8) is 0 Å². The van der Waals surface area contributed by atoms with E-state index in [-0.39, 0.29) is 25.7 Å². The maximum absolute atomic E-state index is 13.1. The highest BCUT2D eigenvalue weighted by molar-refractivity contribution is 7.47. The molecule has 0 aromatic heterocycles. The molecule has 0 aliphatic heterocycles. The summed E-state index contributed by atoms with van der Waals surface area (Å²) in [5.74, 6) is 0.220. The fourth-order valence-electron chi connectivity index (χ4n) is 11.7. The van der Waals surface area contributed by atoms with Crippen molar-refractivity contribution in [2.24, 2.45) is 17.8 Å². The number of ether oxygens (including phenoxy) is 4. The minimum atomic E-state index is -4.97. The van der Waals surface area contributed by atoms with Crippen molar-refractivity contribution >= 4 is 39.5 Å². The van der Waals surface area contributed by atoms with Crippen LogP contribution in [0, 0.1) is 17.8 Å². The highest BCUT2D eigenvalue weighted by Gasteiger charge is 2.30. The molecule has 19 heteroatoms. The van der Waals surface area contributed by atoms with Gasteiger partial charge in [-0.15, -0.1) is 0 Å². The first-order valence-corrected chi connectivity index (χ1v) is 43.8. The third kappa shape index (κ3) is 69.7. The largest absolute Gasteiger partial charge is 0.472 e. The van der Waals surface area contributed by atoms with E-state index in [1.165, 1.54) is 173 Å². The Kier molecular flexibility index (Phi) is 68.1. The van der Waals surface area contributed by atoms with E-state index in [2.05, 4.69) is 72.8 Å². The molecule has 0 aromatic rings. The quantitative estimate of drug-likeness (QED) is 0.0169. The number of phosphoric ester groups is 2. The number of esters is 4. The van der Waals surface area contributed by atoms with E-state index >= 15 is 0 Å². The highest BCUT2D eigenvalue weighted by atomic mass is 31.2. The van der Waals surface area contributed by atoms with Gasteiger partial charge < -0.3 is 33.8 Å². The molecular formula is C80H152O17P2. The van der Waals surface area contributed by atoms with E-state index in [4.69, 9.17) is 37.0 Å². The van der Waals surface area contributed by atoms with E-state index in [9.17, 15) is 43.2 Å². The standard InChI is InChI=1S/C80H152O17P2/c1-8-12-13-14-15-16-17-18-23-27-30-33-39-47-54-61-77(82)90-67-75(96-79(84)63-56-49-40-34-31-28-25-22-20-19-21-24-26-29-32-37-44-51-58-71(5)9-2)69-94-98(86,87)92-65-74(81)66-93-99(88,89)95-70-76(68-91-78(83)62-55-48-43-42-46-53-60-73(7)11-4)97-80(85)64-57-50-41-36-35-38-45-52-59-72(6)10-3/h16-18,23,71-76,81H,8-15,19-22,24-70H2,1-7H3,(H,86,87)(H,88,89)/b17-16-,23-18-/t71?,72?,73?,74-,75-,76-/m1/s1. The zero-order valence-electron chi connectivity index (χ0n) is 64.4. The number of aliphatic hydroxyl groups is 1. The van der Waals surface area contributed by atoms with Crippen molar-refractivity contribution < 1.29 is 80.2 Å². The van der Waals surface area contributed by atoms with Crippen molar-refractivity contribution in [1.82, 2.24) is 0 Å². The predicted molar refractivity (Wildman–Crippen MR) is 404 cm³/mol. The predicted octanol–water partition coefficient (Wildman–Crippen LogP) is 23.3. The fraction of sp³-hybridized carbons (Fsp3) is 0.900. The van der Waals surface area contributed by atoms with Gasteiger partial charge >= 0.3 is 39.5 Å². The Bertz CT molecular complexity index is 2020. The number of unbranched alkanes of at least 4 members (excludes halogenated alkanes) is 38. The van der Waals surface area contributed by atoms with Crippen LogP contribution in [0.5, 0.6) is 0 Å². The molecule has 0 rings (SSSR count). The summed E-state index contributed by atoms with van der Waals surface area (Å²) in [7, 11) is -9.93. The number of carbonyl (C=O) groups excluding carboxylic acids is 4. The molecule has 0 radical (unpaired) electrons. The lowest BCUT2D eigenvalue weighted by Gasteiger charge is -2.21. The summed E-state index contributed by atoms with van der Waals surface area (Å²) in [6.07, 6.45) is 60.5. The van der Waals surface area contributed by atoms with Crippen molar-refractivity contribution in [3.05, 3.63) is 24.3 Å². The average molecular weight is 1450 g/mol. The third-order valence-corrected chi connectivity index (χ3v) is 21.0. The number of phosphoric acid groups is 2. The van der Waals surface area contributed by atoms with Gasteiger partial charge in [-0.1, -0.05) is 336 Å². The average Bonchev–Trinajstić information content (AvgIpc) is 1.03. The number of hydrogen-bond donors (Lipinski definition) is 3. The SMILES string of the molecule is CCCCCC/C=C\C=C/CCCCCCCC(=O)OC[C@H](COP(=O)(O)OC[C@@H](O)COP(=O)(O)OC[C@@H](COC(=O)CCCCCCCCC(C)CC)OC(=O)CCCCCCCCCCC(C)CC)OC(=O)CCCCCCCCCCCCCCCCCCCCC(C)CC. The van der Waals surface area contributed by atoms with E-state index < -0.39 is 97.5 Å². The van der Waals surface area contributed by atoms with Crippen molar-refractivity contribution in [2.45, 2.75) is 407 Å². The zero-order chi connectivity index (χ0) is 73.0. The van der Waals surface area contributed by atoms with Gasteiger partial charge in [-0.05, 0) is 69.1 Å². The summed E-state index contributed by atoms with van der Waals surface area (Å²) in [6, 6.07) is 0. The molecule has 0 heterocycles. The minimum absolute atomic E-state index is 0.101. The van der Waals surface area contributed by atoms with Gasteiger partial charge in [0, 0.05) is 25.7 Å². The van der Waals surface area contributed by atoms with Gasteiger partial charge in [0.1, 0.15) is 19.3 Å². The number of carbonyl (C=O) groups is 4. The third-order valence-electron chi connectivity index (χ3n) is 19.1. The lowest BCUT2D eigenvalue weighted by atomic mass is 9.99. The van der Waals surface area contributed by atoms with Crippen molar-refractivity contribution in [1.29, 1.82) is 0 Å². The van der Waals surface area contributed by atoms with Crippen molar-refractivity contribution in [2.75, 3.05) is 39.6 Å². The Morgan fingerprint density at radius 2 is 0.566 bits per heavy atom. The first-order chi connectivity index (χ1) is 47.8. The van der Waals surface area contributed by atoms with Gasteiger partial charge in [-0.25, -0.2) is 9.13 Å². The van der Waals surface area contributed by atoms with E-state index in [0.29, 0.717) is 25.7 Å². The van der Waals surface area contributed by atoms with Crippen molar-refractivity contribution in [3.8, 4) is 0 Å². The van der Waals surface area contributed by atoms with Gasteiger partial charge in [0.25, 0.3) is 0 Å². The molecule has 0 aliphatic rings. The molecule has 3 N–H and O–H groups in total. The fourth-order valence-corrected chi connectivity index (χ4v) is 13.3. The second-order valence-corrected chi connectivity index (χ2v) is 31.8. The molecule has 17 nitrogen and oxygen atoms in total. The van der Waals surface area contributed by atoms with E-state index in [1.54, 1.807) is 0 Å². The first kappa shape index (κ1) is 96.5. The molecule has 0 amide bonds. The summed E-state index contributed by atoms with van der Waals surface area (Å²) in [4.78, 5) is 72.9. The molecule has 0 aromatic carbocycles. The summed E-state index contributed by atoms with van der Waals surface area (Å²) >= 11 is 0. The second-order valence-electron chi connectivity index (χ2n) is 28.8. The highest BCUT2D eigenvalue weighted by Crippen LogP contribution is 2.45. The molecule has 0 spiro atoms. The van der Waals surface area contributed by atoms with Gasteiger partial charge in [0.05, 0.1) is 26.4 Å². The van der Waals surface area contributed by atoms with Gasteiger partial charge in [-0.2, -0.15) is 0 Å². The molecule has 0 saturated carbocycles. The Morgan fingerprint density at radius 1 is 0.323 bits per heavy atom. The van der Waals surface area contributed by atoms with Crippen LogP contribution in [0.25, 0.3) is 0 Å². The topological polar surface area (TPSA) is 237 Å². The molecule has 584 valence electrons. The lowest BCUT2D eigenvalue weighted by Crippen LogP contribution is -2.30. The number of aliphatic hydroxyl groups excluding tert-OH is 1. The summed E-state index contributed by atoms with van der Waals surface area (Å²) < 4.78 is 68.6. The van der Waals surface area contributed by atoms with E-state index in [1.807, 2.05) is 0 Å². The van der Waals surface area contributed by atoms with Crippen LogP contribution in [-0.2, 0) is 65.4 Å². The van der Waals surface area contributed by atoms with Gasteiger partial charge in [0.2, 0.25) is 0 Å². The maximum Gasteiger partial charge on any atom is 0.472 e.